The molecule has 2 aromatic heterocycles. The second kappa shape index (κ2) is 30.3. The molecule has 12 heteroatoms. The van der Waals surface area contributed by atoms with Crippen LogP contribution in [0.15, 0.2) is 36.9 Å². The fourth-order valence-electron chi connectivity index (χ4n) is 3.78. The summed E-state index contributed by atoms with van der Waals surface area (Å²) in [7, 11) is 0. The van der Waals surface area contributed by atoms with Crippen LogP contribution in [0, 0.1) is 27.7 Å². The predicted octanol–water partition coefficient (Wildman–Crippen LogP) is -2.23. The minimum absolute atomic E-state index is 0. The van der Waals surface area contributed by atoms with Gasteiger partial charge in [-0.25, -0.2) is 9.13 Å². The lowest BCUT2D eigenvalue weighted by Gasteiger charge is -2.06. The van der Waals surface area contributed by atoms with E-state index in [1.165, 1.54) is 22.3 Å². The smallest absolute Gasteiger partial charge is 0.171 e. The number of halogens is 4. The first kappa shape index (κ1) is 43.3. The maximum Gasteiger partial charge on any atom is 0.171 e. The van der Waals surface area contributed by atoms with Gasteiger partial charge in [0.2, 0.25) is 0 Å². The van der Waals surface area contributed by atoms with Gasteiger partial charge in [-0.2, -0.15) is 0 Å². The van der Waals surface area contributed by atoms with Crippen LogP contribution in [0.25, 0.3) is 0 Å². The van der Waals surface area contributed by atoms with Gasteiger partial charge < -0.3 is 53.2 Å². The minimum Gasteiger partial charge on any atom is -1.00 e. The third kappa shape index (κ3) is 25.7. The molecule has 0 spiro atoms. The van der Waals surface area contributed by atoms with Crippen molar-refractivity contribution >= 4 is 23.2 Å². The maximum atomic E-state index is 5.64. The summed E-state index contributed by atoms with van der Waals surface area (Å²) < 4.78 is 36.5. The summed E-state index contributed by atoms with van der Waals surface area (Å²) >= 11 is 10.8. The molecule has 2 heterocycles. The summed E-state index contributed by atoms with van der Waals surface area (Å²) in [5.74, 6) is 1.05. The predicted molar refractivity (Wildman–Crippen MR) is 159 cm³/mol. The molecule has 244 valence electrons. The summed E-state index contributed by atoms with van der Waals surface area (Å²) in [4.78, 5) is 0. The zero-order valence-corrected chi connectivity index (χ0v) is 28.7. The van der Waals surface area contributed by atoms with Crippen LogP contribution in [0.1, 0.15) is 22.3 Å². The Bertz CT molecular complexity index is 789. The number of hydrogen-bond acceptors (Lipinski definition) is 6. The molecule has 0 aliphatic rings. The summed E-state index contributed by atoms with van der Waals surface area (Å²) in [6, 6.07) is 4.35. The number of ether oxygens (including phenoxy) is 6. The van der Waals surface area contributed by atoms with Gasteiger partial charge in [-0.1, -0.05) is 0 Å². The first-order valence-corrected chi connectivity index (χ1v) is 15.0. The van der Waals surface area contributed by atoms with Crippen LogP contribution < -0.4 is 33.9 Å². The summed E-state index contributed by atoms with van der Waals surface area (Å²) in [5, 5.41) is 0. The standard InChI is InChI=1S/C22H34N2O3.C8H16Cl2O3.2ClH/c1-19-13-20(2)16-23(15-19)5-7-25-9-11-27-12-10-26-8-6-24-17-21(3)14-22(4)18-24;9-1-3-11-5-7-13-8-6-12-4-2-10;;/h13-18H,5-12H2,1-4H3;1-8H2;2*1H/q+2;;;/p-2. The summed E-state index contributed by atoms with van der Waals surface area (Å²) in [6.45, 7) is 17.5. The van der Waals surface area contributed by atoms with Crippen LogP contribution in [0.5, 0.6) is 0 Å². The zero-order valence-electron chi connectivity index (χ0n) is 25.6. The van der Waals surface area contributed by atoms with E-state index < -0.39 is 0 Å². The third-order valence-electron chi connectivity index (χ3n) is 5.31. The number of hydrogen-bond donors (Lipinski definition) is 0. The van der Waals surface area contributed by atoms with Gasteiger partial charge in [0, 0.05) is 34.0 Å². The maximum absolute atomic E-state index is 5.64. The van der Waals surface area contributed by atoms with Crippen molar-refractivity contribution < 1.29 is 62.4 Å². The molecular weight excluding hydrogens is 626 g/mol. The topological polar surface area (TPSA) is 63.1 Å². The highest BCUT2D eigenvalue weighted by Gasteiger charge is 2.04. The highest BCUT2D eigenvalue weighted by Crippen LogP contribution is 1.98. The molecule has 42 heavy (non-hydrogen) atoms. The molecule has 0 N–H and O–H groups in total. The van der Waals surface area contributed by atoms with Crippen LogP contribution in [-0.4, -0.2) is 91.0 Å². The van der Waals surface area contributed by atoms with Crippen molar-refractivity contribution in [3.05, 3.63) is 59.2 Å². The Morgan fingerprint density at radius 1 is 0.429 bits per heavy atom. The SMILES string of the molecule is Cc1cc(C)c[n+](CCOCCOCCOCC[n+]2cc(C)cc(C)c2)c1.ClCCOCCOCCOCCCl.[Cl-].[Cl-]. The molecule has 0 radical (unpaired) electrons. The molecule has 0 bridgehead atoms. The molecular formula is C30H50Cl4N2O6. The highest BCUT2D eigenvalue weighted by molar-refractivity contribution is 6.18. The van der Waals surface area contributed by atoms with Gasteiger partial charge in [0.15, 0.2) is 37.9 Å². The minimum atomic E-state index is 0. The van der Waals surface area contributed by atoms with Gasteiger partial charge in [-0.15, -0.1) is 23.2 Å². The number of nitrogens with zero attached hydrogens (tertiary/aromatic N) is 2. The normalized spacial score (nSPS) is 10.4. The van der Waals surface area contributed by atoms with E-state index >= 15 is 0 Å². The molecule has 2 aromatic rings. The average molecular weight is 677 g/mol. The van der Waals surface area contributed by atoms with Gasteiger partial charge in [0.1, 0.15) is 13.2 Å². The van der Waals surface area contributed by atoms with E-state index in [0.717, 1.165) is 13.1 Å². The quantitative estimate of drug-likeness (QED) is 0.0801. The van der Waals surface area contributed by atoms with Crippen molar-refractivity contribution in [1.29, 1.82) is 0 Å². The number of aryl methyl sites for hydroxylation is 4. The van der Waals surface area contributed by atoms with E-state index in [-0.39, 0.29) is 24.8 Å². The Balaban J connectivity index is 0. The van der Waals surface area contributed by atoms with Crippen LogP contribution >= 0.6 is 23.2 Å². The molecule has 0 unspecified atom stereocenters. The number of alkyl halides is 2. The van der Waals surface area contributed by atoms with E-state index in [1.54, 1.807) is 0 Å². The third-order valence-corrected chi connectivity index (χ3v) is 5.62. The molecule has 2 rings (SSSR count). The Morgan fingerprint density at radius 3 is 0.929 bits per heavy atom. The van der Waals surface area contributed by atoms with Crippen LogP contribution in [-0.2, 0) is 41.5 Å². The Morgan fingerprint density at radius 2 is 0.667 bits per heavy atom. The summed E-state index contributed by atoms with van der Waals surface area (Å²) in [5.41, 5.74) is 5.09. The lowest BCUT2D eigenvalue weighted by molar-refractivity contribution is -0.699. The Hall–Kier alpha value is -0.780. The van der Waals surface area contributed by atoms with Crippen LogP contribution in [0.3, 0.4) is 0 Å². The van der Waals surface area contributed by atoms with Crippen molar-refractivity contribution in [3.63, 3.8) is 0 Å². The first-order chi connectivity index (χ1) is 19.4. The van der Waals surface area contributed by atoms with Crippen LogP contribution in [0.2, 0.25) is 0 Å². The van der Waals surface area contributed by atoms with Gasteiger partial charge in [0.05, 0.1) is 66.1 Å². The molecule has 0 atom stereocenters. The van der Waals surface area contributed by atoms with Gasteiger partial charge in [0.25, 0.3) is 0 Å². The molecule has 8 nitrogen and oxygen atoms in total. The number of aromatic nitrogens is 2. The molecule has 0 fully saturated rings. The van der Waals surface area contributed by atoms with Crippen LogP contribution in [0.4, 0.5) is 0 Å². The van der Waals surface area contributed by atoms with E-state index in [9.17, 15) is 0 Å². The molecule has 0 aliphatic carbocycles. The van der Waals surface area contributed by atoms with E-state index in [0.29, 0.717) is 91.0 Å². The Labute approximate surface area is 275 Å². The average Bonchev–Trinajstić information content (AvgIpc) is 2.90. The highest BCUT2D eigenvalue weighted by atomic mass is 35.5. The lowest BCUT2D eigenvalue weighted by atomic mass is 10.2. The molecule has 0 saturated heterocycles. The zero-order chi connectivity index (χ0) is 29.3. The molecule has 0 aliphatic heterocycles. The van der Waals surface area contributed by atoms with Crippen molar-refractivity contribution in [3.8, 4) is 0 Å². The lowest BCUT2D eigenvalue weighted by Crippen LogP contribution is -3.00. The van der Waals surface area contributed by atoms with Gasteiger partial charge in [-0.3, -0.25) is 0 Å². The largest absolute Gasteiger partial charge is 1.00 e. The summed E-state index contributed by atoms with van der Waals surface area (Å²) in [6.07, 6.45) is 8.56. The second-order valence-corrected chi connectivity index (χ2v) is 10.1. The van der Waals surface area contributed by atoms with Crippen molar-refractivity contribution in [1.82, 2.24) is 0 Å². The number of pyridine rings is 2. The first-order valence-electron chi connectivity index (χ1n) is 14.0. The molecule has 0 amide bonds. The molecule has 0 saturated carbocycles. The number of rotatable bonds is 22. The fraction of sp³-hybridized carbons (Fsp3) is 0.667. The van der Waals surface area contributed by atoms with E-state index in [4.69, 9.17) is 51.6 Å². The second-order valence-electron chi connectivity index (χ2n) is 9.31. The van der Waals surface area contributed by atoms with Crippen molar-refractivity contribution in [2.75, 3.05) is 91.0 Å². The van der Waals surface area contributed by atoms with Gasteiger partial charge in [-0.05, 0) is 39.8 Å². The van der Waals surface area contributed by atoms with E-state index in [1.807, 2.05) is 0 Å². The monoisotopic (exact) mass is 674 g/mol. The van der Waals surface area contributed by atoms with Crippen molar-refractivity contribution in [2.24, 2.45) is 0 Å². The fourth-order valence-corrected chi connectivity index (χ4v) is 4.00. The van der Waals surface area contributed by atoms with Gasteiger partial charge >= 0.3 is 0 Å². The Kier molecular flexibility index (Phi) is 31.2. The van der Waals surface area contributed by atoms with E-state index in [2.05, 4.69) is 73.7 Å². The van der Waals surface area contributed by atoms with Crippen molar-refractivity contribution in [2.45, 2.75) is 40.8 Å². The molecule has 0 aromatic carbocycles.